The largest absolute Gasteiger partial charge is 0.495 e. The summed E-state index contributed by atoms with van der Waals surface area (Å²) >= 11 is 12.2. The third-order valence-corrected chi connectivity index (χ3v) is 5.03. The van der Waals surface area contributed by atoms with E-state index >= 15 is 0 Å². The first-order valence-electron chi connectivity index (χ1n) is 8.99. The number of aromatic nitrogens is 1. The van der Waals surface area contributed by atoms with Crippen LogP contribution in [0.5, 0.6) is 11.5 Å². The Morgan fingerprint density at radius 3 is 2.13 bits per heavy atom. The van der Waals surface area contributed by atoms with Crippen LogP contribution in [0.2, 0.25) is 10.0 Å². The maximum absolute atomic E-state index is 13.4. The number of benzene rings is 2. The molecule has 0 spiro atoms. The Morgan fingerprint density at radius 2 is 1.53 bits per heavy atom. The van der Waals surface area contributed by atoms with E-state index in [9.17, 15) is 9.59 Å². The first kappa shape index (κ1) is 21.7. The molecule has 0 bridgehead atoms. The first-order chi connectivity index (χ1) is 14.3. The number of rotatable bonds is 6. The Labute approximate surface area is 184 Å². The quantitative estimate of drug-likeness (QED) is 0.512. The van der Waals surface area contributed by atoms with Crippen LogP contribution in [0, 0.1) is 6.92 Å². The van der Waals surface area contributed by atoms with Crippen LogP contribution in [0.3, 0.4) is 0 Å². The van der Waals surface area contributed by atoms with E-state index in [-0.39, 0.29) is 5.56 Å². The molecule has 0 fully saturated rings. The number of hydrogen-bond donors (Lipinski definition) is 1. The molecule has 0 saturated carbocycles. The van der Waals surface area contributed by atoms with Gasteiger partial charge in [0.25, 0.3) is 5.56 Å². The molecular formula is C22H20Cl2N2O4. The maximum Gasteiger partial charge on any atom is 0.268 e. The lowest BCUT2D eigenvalue weighted by molar-refractivity contribution is 0.101. The Kier molecular flexibility index (Phi) is 6.39. The molecule has 0 aliphatic rings. The number of methoxy groups -OCH3 is 2. The molecule has 2 aromatic carbocycles. The van der Waals surface area contributed by atoms with Crippen molar-refractivity contribution in [2.24, 2.45) is 0 Å². The minimum absolute atomic E-state index is 0.00958. The van der Waals surface area contributed by atoms with Crippen molar-refractivity contribution in [2.45, 2.75) is 13.8 Å². The van der Waals surface area contributed by atoms with Crippen LogP contribution in [0.1, 0.15) is 23.0 Å². The van der Waals surface area contributed by atoms with Gasteiger partial charge in [-0.1, -0.05) is 23.2 Å². The van der Waals surface area contributed by atoms with E-state index in [4.69, 9.17) is 32.7 Å². The predicted molar refractivity (Wildman–Crippen MR) is 120 cm³/mol. The number of ether oxygens (including phenoxy) is 2. The standard InChI is InChI=1S/C22H20Cl2N2O4/c1-12-9-17(25-16-10-14(23)5-7-19(16)29-3)21(13(2)27)22(28)26(12)18-11-15(24)6-8-20(18)30-4/h5-11,25H,1-4H3. The second kappa shape index (κ2) is 8.81. The molecule has 0 aliphatic carbocycles. The molecular weight excluding hydrogens is 427 g/mol. The molecule has 0 unspecified atom stereocenters. The number of halogens is 2. The van der Waals surface area contributed by atoms with Gasteiger partial charge in [-0.3, -0.25) is 14.2 Å². The fourth-order valence-electron chi connectivity index (χ4n) is 3.23. The van der Waals surface area contributed by atoms with Gasteiger partial charge in [-0.05, 0) is 56.3 Å². The van der Waals surface area contributed by atoms with Crippen molar-refractivity contribution >= 4 is 40.4 Å². The fraction of sp³-hybridized carbons (Fsp3) is 0.182. The van der Waals surface area contributed by atoms with Crippen LogP contribution >= 0.6 is 23.2 Å². The summed E-state index contributed by atoms with van der Waals surface area (Å²) in [5.41, 5.74) is 1.40. The van der Waals surface area contributed by atoms with Gasteiger partial charge in [0.15, 0.2) is 5.78 Å². The van der Waals surface area contributed by atoms with E-state index < -0.39 is 11.3 Å². The highest BCUT2D eigenvalue weighted by molar-refractivity contribution is 6.31. The van der Waals surface area contributed by atoms with Crippen molar-refractivity contribution < 1.29 is 14.3 Å². The van der Waals surface area contributed by atoms with E-state index in [0.29, 0.717) is 44.3 Å². The Bertz CT molecular complexity index is 1190. The topological polar surface area (TPSA) is 69.6 Å². The SMILES string of the molecule is COc1ccc(Cl)cc1Nc1cc(C)n(-c2cc(Cl)ccc2OC)c(=O)c1C(C)=O. The number of ketones is 1. The van der Waals surface area contributed by atoms with Crippen LogP contribution in [-0.2, 0) is 0 Å². The molecule has 30 heavy (non-hydrogen) atoms. The molecule has 0 radical (unpaired) electrons. The number of Topliss-reactive ketones (excluding diaryl/α,β-unsaturated/α-hetero) is 1. The number of hydrogen-bond acceptors (Lipinski definition) is 5. The molecule has 156 valence electrons. The zero-order valence-electron chi connectivity index (χ0n) is 16.9. The number of anilines is 2. The minimum Gasteiger partial charge on any atom is -0.495 e. The van der Waals surface area contributed by atoms with Gasteiger partial charge in [-0.2, -0.15) is 0 Å². The van der Waals surface area contributed by atoms with Crippen molar-refractivity contribution in [1.82, 2.24) is 4.57 Å². The zero-order chi connectivity index (χ0) is 22.0. The molecule has 0 saturated heterocycles. The van der Waals surface area contributed by atoms with Crippen molar-refractivity contribution in [3.8, 4) is 17.2 Å². The minimum atomic E-state index is -0.494. The van der Waals surface area contributed by atoms with Gasteiger partial charge >= 0.3 is 0 Å². The molecule has 0 aliphatic heterocycles. The van der Waals surface area contributed by atoms with Gasteiger partial charge in [0.05, 0.1) is 31.3 Å². The van der Waals surface area contributed by atoms with Crippen molar-refractivity contribution in [3.63, 3.8) is 0 Å². The third kappa shape index (κ3) is 4.15. The van der Waals surface area contributed by atoms with E-state index in [2.05, 4.69) is 5.32 Å². The van der Waals surface area contributed by atoms with Gasteiger partial charge in [-0.25, -0.2) is 0 Å². The van der Waals surface area contributed by atoms with Crippen LogP contribution in [-0.4, -0.2) is 24.6 Å². The normalized spacial score (nSPS) is 10.6. The molecule has 1 heterocycles. The highest BCUT2D eigenvalue weighted by Crippen LogP contribution is 2.33. The molecule has 1 aromatic heterocycles. The van der Waals surface area contributed by atoms with Crippen LogP contribution in [0.4, 0.5) is 11.4 Å². The molecule has 3 aromatic rings. The Balaban J connectivity index is 2.25. The molecule has 0 atom stereocenters. The van der Waals surface area contributed by atoms with Gasteiger partial charge in [0, 0.05) is 15.7 Å². The summed E-state index contributed by atoms with van der Waals surface area (Å²) in [5, 5.41) is 4.03. The lowest BCUT2D eigenvalue weighted by atomic mass is 10.1. The van der Waals surface area contributed by atoms with E-state index in [1.54, 1.807) is 49.4 Å². The van der Waals surface area contributed by atoms with Crippen LogP contribution in [0.15, 0.2) is 47.3 Å². The van der Waals surface area contributed by atoms with E-state index in [0.717, 1.165) is 0 Å². The van der Waals surface area contributed by atoms with Gasteiger partial charge in [0.1, 0.15) is 17.1 Å². The number of pyridine rings is 1. The smallest absolute Gasteiger partial charge is 0.268 e. The van der Waals surface area contributed by atoms with Crippen LogP contribution < -0.4 is 20.3 Å². The molecule has 3 rings (SSSR count). The summed E-state index contributed by atoms with van der Waals surface area (Å²) in [6.07, 6.45) is 0. The summed E-state index contributed by atoms with van der Waals surface area (Å²) in [5.74, 6) is 0.585. The Hall–Kier alpha value is -2.96. The molecule has 0 amide bonds. The number of nitrogens with zero attached hydrogens (tertiary/aromatic N) is 1. The highest BCUT2D eigenvalue weighted by Gasteiger charge is 2.21. The van der Waals surface area contributed by atoms with Crippen LogP contribution in [0.25, 0.3) is 5.69 Å². The molecule has 8 heteroatoms. The Morgan fingerprint density at radius 1 is 0.933 bits per heavy atom. The first-order valence-corrected chi connectivity index (χ1v) is 9.74. The van der Waals surface area contributed by atoms with E-state index in [1.165, 1.54) is 25.7 Å². The average molecular weight is 447 g/mol. The van der Waals surface area contributed by atoms with Crippen molar-refractivity contribution in [2.75, 3.05) is 19.5 Å². The molecule has 6 nitrogen and oxygen atoms in total. The number of carbonyl (C=O) groups is 1. The maximum atomic E-state index is 13.4. The second-order valence-electron chi connectivity index (χ2n) is 6.56. The lowest BCUT2D eigenvalue weighted by Crippen LogP contribution is -2.28. The van der Waals surface area contributed by atoms with Crippen molar-refractivity contribution in [3.05, 3.63) is 74.1 Å². The molecule has 1 N–H and O–H groups in total. The van der Waals surface area contributed by atoms with Gasteiger partial charge in [-0.15, -0.1) is 0 Å². The summed E-state index contributed by atoms with van der Waals surface area (Å²) in [6.45, 7) is 3.10. The second-order valence-corrected chi connectivity index (χ2v) is 7.43. The van der Waals surface area contributed by atoms with E-state index in [1.807, 2.05) is 0 Å². The summed E-state index contributed by atoms with van der Waals surface area (Å²) in [4.78, 5) is 25.8. The summed E-state index contributed by atoms with van der Waals surface area (Å²) < 4.78 is 12.1. The number of nitrogens with one attached hydrogen (secondary N) is 1. The monoisotopic (exact) mass is 446 g/mol. The third-order valence-electron chi connectivity index (χ3n) is 4.56. The van der Waals surface area contributed by atoms with Gasteiger partial charge < -0.3 is 14.8 Å². The van der Waals surface area contributed by atoms with Crippen molar-refractivity contribution in [1.29, 1.82) is 0 Å². The fourth-order valence-corrected chi connectivity index (χ4v) is 3.57. The van der Waals surface area contributed by atoms with Gasteiger partial charge in [0.2, 0.25) is 0 Å². The average Bonchev–Trinajstić information content (AvgIpc) is 2.68. The highest BCUT2D eigenvalue weighted by atomic mass is 35.5. The predicted octanol–water partition coefficient (Wildman–Crippen LogP) is 5.42. The number of carbonyl (C=O) groups excluding carboxylic acids is 1. The summed E-state index contributed by atoms with van der Waals surface area (Å²) in [6, 6.07) is 11.7. The number of aryl methyl sites for hydroxylation is 1. The lowest BCUT2D eigenvalue weighted by Gasteiger charge is -2.19. The summed E-state index contributed by atoms with van der Waals surface area (Å²) in [7, 11) is 3.02. The zero-order valence-corrected chi connectivity index (χ0v) is 18.4.